The molecule has 2 aromatic rings. The van der Waals surface area contributed by atoms with Crippen LogP contribution in [-0.4, -0.2) is 10.1 Å². The van der Waals surface area contributed by atoms with E-state index < -0.39 is 0 Å². The molecule has 1 N–H and O–H groups in total. The molecular formula is C12H12ClNOS. The molecule has 1 heterocycles. The van der Waals surface area contributed by atoms with Crippen LogP contribution in [0.1, 0.15) is 17.5 Å². The number of aromatic nitrogens is 1. The summed E-state index contributed by atoms with van der Waals surface area (Å²) in [5.74, 6) is 0. The van der Waals surface area contributed by atoms with Crippen molar-refractivity contribution in [3.05, 3.63) is 39.9 Å². The molecule has 0 aliphatic heterocycles. The summed E-state index contributed by atoms with van der Waals surface area (Å²) in [6.45, 7) is 2.07. The molecule has 1 aromatic carbocycles. The third-order valence-electron chi connectivity index (χ3n) is 2.34. The van der Waals surface area contributed by atoms with Crippen molar-refractivity contribution in [2.45, 2.75) is 20.0 Å². The maximum atomic E-state index is 9.18. The predicted molar refractivity (Wildman–Crippen MR) is 67.9 cm³/mol. The van der Waals surface area contributed by atoms with Gasteiger partial charge in [-0.25, -0.2) is 4.98 Å². The molecule has 0 atom stereocenters. The van der Waals surface area contributed by atoms with Crippen molar-refractivity contribution in [2.75, 3.05) is 0 Å². The van der Waals surface area contributed by atoms with Gasteiger partial charge in [0.25, 0.3) is 0 Å². The second-order valence-corrected chi connectivity index (χ2v) is 4.93. The monoisotopic (exact) mass is 253 g/mol. The van der Waals surface area contributed by atoms with Gasteiger partial charge in [0.15, 0.2) is 0 Å². The minimum atomic E-state index is 0.00721. The van der Waals surface area contributed by atoms with Gasteiger partial charge in [-0.05, 0) is 18.6 Å². The fourth-order valence-electron chi connectivity index (χ4n) is 1.50. The molecule has 0 aliphatic rings. The Morgan fingerprint density at radius 2 is 2.00 bits per heavy atom. The number of rotatable bonds is 3. The number of hydrogen-bond acceptors (Lipinski definition) is 3. The summed E-state index contributed by atoms with van der Waals surface area (Å²) < 4.78 is 0. The first kappa shape index (κ1) is 11.6. The molecule has 1 aromatic heterocycles. The smallest absolute Gasteiger partial charge is 0.123 e. The van der Waals surface area contributed by atoms with Crippen LogP contribution in [0.3, 0.4) is 0 Å². The molecule has 4 heteroatoms. The molecule has 84 valence electrons. The van der Waals surface area contributed by atoms with E-state index in [1.54, 1.807) is 11.3 Å². The van der Waals surface area contributed by atoms with Crippen LogP contribution in [0.2, 0.25) is 5.02 Å². The molecule has 0 unspecified atom stereocenters. The fraction of sp³-hybridized carbons (Fsp3) is 0.250. The van der Waals surface area contributed by atoms with Gasteiger partial charge in [0.2, 0.25) is 0 Å². The van der Waals surface area contributed by atoms with Gasteiger partial charge in [-0.15, -0.1) is 11.3 Å². The van der Waals surface area contributed by atoms with E-state index >= 15 is 0 Å². The lowest BCUT2D eigenvalue weighted by atomic mass is 10.2. The quantitative estimate of drug-likeness (QED) is 0.908. The molecule has 0 aliphatic carbocycles. The first-order valence-corrected chi connectivity index (χ1v) is 6.29. The topological polar surface area (TPSA) is 33.1 Å². The zero-order chi connectivity index (χ0) is 11.5. The van der Waals surface area contributed by atoms with E-state index in [4.69, 9.17) is 11.6 Å². The van der Waals surface area contributed by atoms with Crippen LogP contribution < -0.4 is 0 Å². The maximum absolute atomic E-state index is 9.18. The van der Waals surface area contributed by atoms with Crippen LogP contribution in [0.25, 0.3) is 10.6 Å². The lowest BCUT2D eigenvalue weighted by Gasteiger charge is -1.95. The van der Waals surface area contributed by atoms with E-state index in [2.05, 4.69) is 11.9 Å². The van der Waals surface area contributed by atoms with Crippen molar-refractivity contribution < 1.29 is 5.11 Å². The average molecular weight is 254 g/mol. The average Bonchev–Trinajstić information content (AvgIpc) is 2.73. The largest absolute Gasteiger partial charge is 0.390 e. The molecule has 0 saturated carbocycles. The van der Waals surface area contributed by atoms with Crippen molar-refractivity contribution in [2.24, 2.45) is 0 Å². The number of thiazole rings is 1. The van der Waals surface area contributed by atoms with Crippen molar-refractivity contribution in [3.8, 4) is 10.6 Å². The Kier molecular flexibility index (Phi) is 3.59. The third kappa shape index (κ3) is 2.26. The second-order valence-electron chi connectivity index (χ2n) is 3.41. The number of benzene rings is 1. The normalized spacial score (nSPS) is 10.7. The van der Waals surface area contributed by atoms with Crippen LogP contribution in [0.5, 0.6) is 0 Å². The molecule has 0 amide bonds. The summed E-state index contributed by atoms with van der Waals surface area (Å²) in [5.41, 5.74) is 1.83. The van der Waals surface area contributed by atoms with E-state index in [1.165, 1.54) is 0 Å². The Morgan fingerprint density at radius 1 is 1.31 bits per heavy atom. The summed E-state index contributed by atoms with van der Waals surface area (Å²) in [5, 5.41) is 10.8. The molecule has 2 nitrogen and oxygen atoms in total. The van der Waals surface area contributed by atoms with Crippen molar-refractivity contribution in [1.82, 2.24) is 4.98 Å². The highest BCUT2D eigenvalue weighted by atomic mass is 35.5. The summed E-state index contributed by atoms with van der Waals surface area (Å²) in [7, 11) is 0. The highest BCUT2D eigenvalue weighted by Crippen LogP contribution is 2.29. The first-order chi connectivity index (χ1) is 7.74. The number of hydrogen-bond donors (Lipinski definition) is 1. The number of aliphatic hydroxyl groups is 1. The van der Waals surface area contributed by atoms with Crippen molar-refractivity contribution >= 4 is 22.9 Å². The fourth-order valence-corrected chi connectivity index (χ4v) is 2.64. The number of aliphatic hydroxyl groups excluding tert-OH is 1. The maximum Gasteiger partial charge on any atom is 0.123 e. The predicted octanol–water partition coefficient (Wildman–Crippen LogP) is 3.52. The summed E-state index contributed by atoms with van der Waals surface area (Å²) >= 11 is 7.46. The lowest BCUT2D eigenvalue weighted by molar-refractivity contribution is 0.276. The van der Waals surface area contributed by atoms with Gasteiger partial charge in [0.1, 0.15) is 5.01 Å². The zero-order valence-electron chi connectivity index (χ0n) is 8.90. The Hall–Kier alpha value is -0.900. The molecule has 0 radical (unpaired) electrons. The molecule has 0 saturated heterocycles. The van der Waals surface area contributed by atoms with Crippen LogP contribution in [0.4, 0.5) is 0 Å². The molecule has 0 fully saturated rings. The van der Waals surface area contributed by atoms with Crippen LogP contribution >= 0.6 is 22.9 Å². The van der Waals surface area contributed by atoms with Crippen LogP contribution in [0.15, 0.2) is 24.3 Å². The van der Waals surface area contributed by atoms with Gasteiger partial charge in [-0.3, -0.25) is 0 Å². The second kappa shape index (κ2) is 4.95. The third-order valence-corrected chi connectivity index (χ3v) is 3.88. The minimum absolute atomic E-state index is 0.00721. The Balaban J connectivity index is 2.40. The number of halogens is 1. The van der Waals surface area contributed by atoms with E-state index in [0.29, 0.717) is 0 Å². The first-order valence-electron chi connectivity index (χ1n) is 5.10. The van der Waals surface area contributed by atoms with E-state index in [9.17, 15) is 5.11 Å². The van der Waals surface area contributed by atoms with Crippen LogP contribution in [-0.2, 0) is 13.0 Å². The van der Waals surface area contributed by atoms with Crippen molar-refractivity contribution in [1.29, 1.82) is 0 Å². The standard InChI is InChI=1S/C12H12ClNOS/c1-2-11-10(7-15)14-12(16-11)8-3-5-9(13)6-4-8/h3-6,15H,2,7H2,1H3. The molecule has 0 spiro atoms. The van der Waals surface area contributed by atoms with E-state index in [0.717, 1.165) is 32.6 Å². The highest BCUT2D eigenvalue weighted by molar-refractivity contribution is 7.15. The van der Waals surface area contributed by atoms with Gasteiger partial charge in [-0.2, -0.15) is 0 Å². The lowest BCUT2D eigenvalue weighted by Crippen LogP contribution is -1.88. The molecule has 2 rings (SSSR count). The van der Waals surface area contributed by atoms with Gasteiger partial charge in [0, 0.05) is 15.5 Å². The summed E-state index contributed by atoms with van der Waals surface area (Å²) in [6.07, 6.45) is 0.904. The minimum Gasteiger partial charge on any atom is -0.390 e. The number of aryl methyl sites for hydroxylation is 1. The SMILES string of the molecule is CCc1sc(-c2ccc(Cl)cc2)nc1CO. The molecular weight excluding hydrogens is 242 g/mol. The Labute approximate surface area is 104 Å². The summed E-state index contributed by atoms with van der Waals surface area (Å²) in [4.78, 5) is 5.57. The number of nitrogens with zero attached hydrogens (tertiary/aromatic N) is 1. The van der Waals surface area contributed by atoms with Crippen molar-refractivity contribution in [3.63, 3.8) is 0 Å². The van der Waals surface area contributed by atoms with E-state index in [-0.39, 0.29) is 6.61 Å². The van der Waals surface area contributed by atoms with Gasteiger partial charge < -0.3 is 5.11 Å². The highest BCUT2D eigenvalue weighted by Gasteiger charge is 2.10. The van der Waals surface area contributed by atoms with E-state index in [1.807, 2.05) is 24.3 Å². The van der Waals surface area contributed by atoms with Gasteiger partial charge in [0.05, 0.1) is 12.3 Å². The summed E-state index contributed by atoms with van der Waals surface area (Å²) in [6, 6.07) is 7.59. The molecule has 0 bridgehead atoms. The molecule has 16 heavy (non-hydrogen) atoms. The van der Waals surface area contributed by atoms with Crippen LogP contribution in [0, 0.1) is 0 Å². The zero-order valence-corrected chi connectivity index (χ0v) is 10.5. The Bertz CT molecular complexity index is 457. The van der Waals surface area contributed by atoms with Gasteiger partial charge in [-0.1, -0.05) is 30.7 Å². The van der Waals surface area contributed by atoms with Gasteiger partial charge >= 0.3 is 0 Å². The Morgan fingerprint density at radius 3 is 2.50 bits per heavy atom.